The zero-order chi connectivity index (χ0) is 12.6. The summed E-state index contributed by atoms with van der Waals surface area (Å²) in [5.41, 5.74) is 9.33. The monoisotopic (exact) mass is 293 g/mol. The van der Waals surface area contributed by atoms with Crippen molar-refractivity contribution in [1.29, 1.82) is 0 Å². The van der Waals surface area contributed by atoms with Crippen molar-refractivity contribution in [3.05, 3.63) is 45.6 Å². The Hall–Kier alpha value is -1.06. The summed E-state index contributed by atoms with van der Waals surface area (Å²) < 4.78 is 6.83. The highest BCUT2D eigenvalue weighted by atomic mass is 79.9. The minimum atomic E-state index is -0.0757. The minimum absolute atomic E-state index is 0.0757. The molecule has 0 aliphatic carbocycles. The van der Waals surface area contributed by atoms with Gasteiger partial charge in [0.05, 0.1) is 6.04 Å². The maximum Gasteiger partial charge on any atom is 0.135 e. The number of benzene rings is 1. The van der Waals surface area contributed by atoms with Crippen LogP contribution in [0.1, 0.15) is 29.9 Å². The Kier molecular flexibility index (Phi) is 3.40. The molecule has 1 aromatic heterocycles. The number of furan rings is 1. The van der Waals surface area contributed by atoms with Crippen molar-refractivity contribution in [2.24, 2.45) is 5.73 Å². The fourth-order valence-electron chi connectivity index (χ4n) is 1.96. The van der Waals surface area contributed by atoms with E-state index >= 15 is 0 Å². The average molecular weight is 294 g/mol. The third-order valence-corrected chi connectivity index (χ3v) is 3.38. The zero-order valence-corrected chi connectivity index (χ0v) is 11.8. The summed E-state index contributed by atoms with van der Waals surface area (Å²) in [7, 11) is 0. The highest BCUT2D eigenvalue weighted by Gasteiger charge is 2.13. The number of aryl methyl sites for hydroxylation is 2. The Balaban J connectivity index is 2.52. The van der Waals surface area contributed by atoms with Gasteiger partial charge < -0.3 is 10.2 Å². The van der Waals surface area contributed by atoms with Crippen molar-refractivity contribution in [1.82, 2.24) is 0 Å². The molecule has 2 N–H and O–H groups in total. The summed E-state index contributed by atoms with van der Waals surface area (Å²) in [5, 5.41) is 0. The molecule has 0 aliphatic rings. The van der Waals surface area contributed by atoms with E-state index in [-0.39, 0.29) is 6.04 Å². The van der Waals surface area contributed by atoms with Gasteiger partial charge in [0.25, 0.3) is 0 Å². The number of rotatable bonds is 2. The van der Waals surface area contributed by atoms with Crippen LogP contribution in [0.5, 0.6) is 0 Å². The molecule has 1 atom stereocenters. The van der Waals surface area contributed by atoms with E-state index in [0.29, 0.717) is 0 Å². The van der Waals surface area contributed by atoms with Crippen molar-refractivity contribution in [2.75, 3.05) is 0 Å². The van der Waals surface area contributed by atoms with Crippen molar-refractivity contribution >= 4 is 15.9 Å². The molecular weight excluding hydrogens is 278 g/mol. The Morgan fingerprint density at radius 1 is 1.24 bits per heavy atom. The SMILES string of the molecule is Cc1cc(C)c(-c2ccc(C(C)N)o2)c(Br)c1. The second kappa shape index (κ2) is 4.67. The van der Waals surface area contributed by atoms with E-state index in [2.05, 4.69) is 41.9 Å². The van der Waals surface area contributed by atoms with E-state index in [1.807, 2.05) is 19.1 Å². The summed E-state index contributed by atoms with van der Waals surface area (Å²) >= 11 is 3.59. The lowest BCUT2D eigenvalue weighted by Crippen LogP contribution is -2.02. The minimum Gasteiger partial charge on any atom is -0.459 e. The molecular formula is C14H16BrNO. The molecule has 0 aliphatic heterocycles. The van der Waals surface area contributed by atoms with Gasteiger partial charge >= 0.3 is 0 Å². The molecule has 2 nitrogen and oxygen atoms in total. The van der Waals surface area contributed by atoms with Crippen LogP contribution in [-0.4, -0.2) is 0 Å². The van der Waals surface area contributed by atoms with Crippen LogP contribution in [0.4, 0.5) is 0 Å². The van der Waals surface area contributed by atoms with Crippen LogP contribution in [0.25, 0.3) is 11.3 Å². The Morgan fingerprint density at radius 2 is 1.94 bits per heavy atom. The van der Waals surface area contributed by atoms with Crippen LogP contribution < -0.4 is 5.73 Å². The normalized spacial score (nSPS) is 12.8. The highest BCUT2D eigenvalue weighted by molar-refractivity contribution is 9.10. The summed E-state index contributed by atoms with van der Waals surface area (Å²) in [6.45, 7) is 6.08. The van der Waals surface area contributed by atoms with E-state index in [1.165, 1.54) is 11.1 Å². The number of halogens is 1. The summed E-state index contributed by atoms with van der Waals surface area (Å²) in [5.74, 6) is 1.67. The largest absolute Gasteiger partial charge is 0.459 e. The molecule has 2 aromatic rings. The lowest BCUT2D eigenvalue weighted by atomic mass is 10.0. The summed E-state index contributed by atoms with van der Waals surface area (Å²) in [6, 6.07) is 8.07. The van der Waals surface area contributed by atoms with Crippen LogP contribution >= 0.6 is 15.9 Å². The lowest BCUT2D eigenvalue weighted by Gasteiger charge is -2.08. The first-order chi connectivity index (χ1) is 7.99. The molecule has 1 heterocycles. The molecule has 17 heavy (non-hydrogen) atoms. The van der Waals surface area contributed by atoms with Gasteiger partial charge in [0.1, 0.15) is 11.5 Å². The topological polar surface area (TPSA) is 39.2 Å². The van der Waals surface area contributed by atoms with Crippen molar-refractivity contribution in [3.8, 4) is 11.3 Å². The van der Waals surface area contributed by atoms with Gasteiger partial charge in [-0.15, -0.1) is 0 Å². The molecule has 90 valence electrons. The van der Waals surface area contributed by atoms with E-state index in [9.17, 15) is 0 Å². The molecule has 3 heteroatoms. The van der Waals surface area contributed by atoms with E-state index in [0.717, 1.165) is 21.6 Å². The molecule has 0 saturated heterocycles. The van der Waals surface area contributed by atoms with Gasteiger partial charge in [-0.25, -0.2) is 0 Å². The Bertz CT molecular complexity index is 520. The van der Waals surface area contributed by atoms with Crippen molar-refractivity contribution in [3.63, 3.8) is 0 Å². The molecule has 2 rings (SSSR count). The van der Waals surface area contributed by atoms with Gasteiger partial charge in [-0.3, -0.25) is 0 Å². The molecule has 1 unspecified atom stereocenters. The van der Waals surface area contributed by atoms with Crippen LogP contribution in [-0.2, 0) is 0 Å². The number of hydrogen-bond acceptors (Lipinski definition) is 2. The fourth-order valence-corrected chi connectivity index (χ4v) is 2.83. The van der Waals surface area contributed by atoms with Crippen LogP contribution in [0.2, 0.25) is 0 Å². The maximum absolute atomic E-state index is 5.80. The summed E-state index contributed by atoms with van der Waals surface area (Å²) in [6.07, 6.45) is 0. The van der Waals surface area contributed by atoms with Crippen LogP contribution in [0.15, 0.2) is 33.2 Å². The molecule has 0 spiro atoms. The average Bonchev–Trinajstić information content (AvgIpc) is 2.65. The first-order valence-corrected chi connectivity index (χ1v) is 6.40. The van der Waals surface area contributed by atoms with Crippen LogP contribution in [0.3, 0.4) is 0 Å². The smallest absolute Gasteiger partial charge is 0.135 e. The highest BCUT2D eigenvalue weighted by Crippen LogP contribution is 2.34. The third kappa shape index (κ3) is 2.45. The predicted molar refractivity (Wildman–Crippen MR) is 73.9 cm³/mol. The van der Waals surface area contributed by atoms with Crippen molar-refractivity contribution < 1.29 is 4.42 Å². The van der Waals surface area contributed by atoms with Gasteiger partial charge in [-0.2, -0.15) is 0 Å². The number of nitrogens with two attached hydrogens (primary N) is 1. The Labute approximate surface area is 110 Å². The third-order valence-electron chi connectivity index (χ3n) is 2.75. The second-order valence-electron chi connectivity index (χ2n) is 4.43. The second-order valence-corrected chi connectivity index (χ2v) is 5.28. The Morgan fingerprint density at radius 3 is 2.47 bits per heavy atom. The molecule has 0 saturated carbocycles. The van der Waals surface area contributed by atoms with E-state index < -0.39 is 0 Å². The first-order valence-electron chi connectivity index (χ1n) is 5.61. The van der Waals surface area contributed by atoms with Gasteiger partial charge in [0.15, 0.2) is 0 Å². The maximum atomic E-state index is 5.80. The zero-order valence-electron chi connectivity index (χ0n) is 10.3. The lowest BCUT2D eigenvalue weighted by molar-refractivity contribution is 0.490. The molecule has 0 fully saturated rings. The molecule has 0 radical (unpaired) electrons. The van der Waals surface area contributed by atoms with Gasteiger partial charge in [-0.1, -0.05) is 22.0 Å². The first kappa shape index (κ1) is 12.4. The number of hydrogen-bond donors (Lipinski definition) is 1. The summed E-state index contributed by atoms with van der Waals surface area (Å²) in [4.78, 5) is 0. The van der Waals surface area contributed by atoms with Crippen LogP contribution in [0, 0.1) is 13.8 Å². The predicted octanol–water partition coefficient (Wildman–Crippen LogP) is 4.35. The molecule has 1 aromatic carbocycles. The van der Waals surface area contributed by atoms with Gasteiger partial charge in [0, 0.05) is 10.0 Å². The fraction of sp³-hybridized carbons (Fsp3) is 0.286. The molecule has 0 amide bonds. The van der Waals surface area contributed by atoms with Crippen molar-refractivity contribution in [2.45, 2.75) is 26.8 Å². The van der Waals surface area contributed by atoms with E-state index in [1.54, 1.807) is 0 Å². The quantitative estimate of drug-likeness (QED) is 0.894. The van der Waals surface area contributed by atoms with Gasteiger partial charge in [-0.05, 0) is 50.1 Å². The standard InChI is InChI=1S/C14H16BrNO/c1-8-6-9(2)14(11(15)7-8)13-5-4-12(17-13)10(3)16/h4-7,10H,16H2,1-3H3. The molecule has 0 bridgehead atoms. The van der Waals surface area contributed by atoms with E-state index in [4.69, 9.17) is 10.2 Å². The van der Waals surface area contributed by atoms with Gasteiger partial charge in [0.2, 0.25) is 0 Å².